The van der Waals surface area contributed by atoms with Gasteiger partial charge in [-0.1, -0.05) is 0 Å². The van der Waals surface area contributed by atoms with Crippen molar-refractivity contribution in [1.82, 2.24) is 0 Å². The fourth-order valence-electron chi connectivity index (χ4n) is 0.798. The van der Waals surface area contributed by atoms with E-state index in [9.17, 15) is 13.2 Å². The molecule has 0 unspecified atom stereocenters. The maximum absolute atomic E-state index is 12.0. The monoisotopic (exact) mass is 188 g/mol. The summed E-state index contributed by atoms with van der Waals surface area (Å²) in [5, 5.41) is 16.8. The lowest BCUT2D eigenvalue weighted by atomic mass is 10.0. The fourth-order valence-corrected chi connectivity index (χ4v) is 0.798. The predicted octanol–water partition coefficient (Wildman–Crippen LogP) is 0.164. The van der Waals surface area contributed by atoms with Crippen molar-refractivity contribution in [2.75, 3.05) is 20.3 Å². The number of alkyl halides is 3. The zero-order chi connectivity index (χ0) is 9.78. The minimum atomic E-state index is -4.54. The lowest BCUT2D eigenvalue weighted by Crippen LogP contribution is -2.40. The normalized spacial score (nSPS) is 17.5. The lowest BCUT2D eigenvalue weighted by molar-refractivity contribution is -0.217. The van der Waals surface area contributed by atoms with Crippen molar-refractivity contribution < 1.29 is 28.1 Å². The lowest BCUT2D eigenvalue weighted by Gasteiger charge is -2.24. The molecular formula is C6H11F3O3. The maximum atomic E-state index is 12.0. The Bertz CT molecular complexity index is 122. The molecule has 0 rings (SSSR count). The maximum Gasteiger partial charge on any atom is 0.396 e. The molecule has 0 aliphatic heterocycles. The Balaban J connectivity index is 4.31. The number of hydrogen-bond donors (Lipinski definition) is 2. The molecule has 0 saturated heterocycles. The third-order valence-electron chi connectivity index (χ3n) is 1.55. The van der Waals surface area contributed by atoms with Crippen molar-refractivity contribution >= 4 is 0 Å². The molecule has 2 N–H and O–H groups in total. The Labute approximate surface area is 67.8 Å². The second-order valence-electron chi connectivity index (χ2n) is 2.29. The molecule has 0 radical (unpaired) electrons. The highest BCUT2D eigenvalue weighted by Crippen LogP contribution is 2.29. The van der Waals surface area contributed by atoms with Crippen LogP contribution in [0.1, 0.15) is 0 Å². The molecule has 0 bridgehead atoms. The zero-order valence-corrected chi connectivity index (χ0v) is 6.51. The molecule has 0 aliphatic rings. The summed E-state index contributed by atoms with van der Waals surface area (Å²) >= 11 is 0. The molecule has 0 amide bonds. The van der Waals surface area contributed by atoms with Crippen molar-refractivity contribution in [2.24, 2.45) is 5.92 Å². The number of ether oxygens (including phenoxy) is 1. The number of halogens is 3. The van der Waals surface area contributed by atoms with E-state index in [0.29, 0.717) is 0 Å². The first kappa shape index (κ1) is 11.7. The van der Waals surface area contributed by atoms with Crippen LogP contribution in [0.5, 0.6) is 0 Å². The van der Waals surface area contributed by atoms with Gasteiger partial charge in [0.1, 0.15) is 5.92 Å². The van der Waals surface area contributed by atoms with Crippen LogP contribution in [0.15, 0.2) is 0 Å². The molecule has 2 atom stereocenters. The summed E-state index contributed by atoms with van der Waals surface area (Å²) in [4.78, 5) is 0. The first-order chi connectivity index (χ1) is 5.47. The molecule has 0 saturated carbocycles. The van der Waals surface area contributed by atoms with Gasteiger partial charge in [-0.15, -0.1) is 0 Å². The molecule has 0 aromatic heterocycles. The van der Waals surface area contributed by atoms with Gasteiger partial charge in [-0.3, -0.25) is 0 Å². The quantitative estimate of drug-likeness (QED) is 0.661. The van der Waals surface area contributed by atoms with Gasteiger partial charge < -0.3 is 14.9 Å². The van der Waals surface area contributed by atoms with Crippen molar-refractivity contribution in [2.45, 2.75) is 12.3 Å². The number of hydrogen-bond acceptors (Lipinski definition) is 3. The van der Waals surface area contributed by atoms with Gasteiger partial charge in [-0.25, -0.2) is 0 Å². The SMILES string of the molecule is CO[C@@H](CO)[C@@H](CO)C(F)(F)F. The Morgan fingerprint density at radius 3 is 1.83 bits per heavy atom. The van der Waals surface area contributed by atoms with Crippen LogP contribution in [0, 0.1) is 5.92 Å². The number of rotatable bonds is 4. The van der Waals surface area contributed by atoms with E-state index in [1.807, 2.05) is 0 Å². The standard InChI is InChI=1S/C6H11F3O3/c1-12-5(3-11)4(2-10)6(7,8)9/h4-5,10-11H,2-3H2,1H3/t4-,5+/m1/s1. The largest absolute Gasteiger partial charge is 0.396 e. The number of methoxy groups -OCH3 is 1. The smallest absolute Gasteiger partial charge is 0.396 e. The van der Waals surface area contributed by atoms with E-state index in [2.05, 4.69) is 4.74 Å². The second kappa shape index (κ2) is 4.64. The highest BCUT2D eigenvalue weighted by molar-refractivity contribution is 4.75. The van der Waals surface area contributed by atoms with Crippen molar-refractivity contribution in [3.8, 4) is 0 Å². The Hall–Kier alpha value is -0.330. The Kier molecular flexibility index (Phi) is 4.51. The summed E-state index contributed by atoms with van der Waals surface area (Å²) < 4.78 is 40.3. The average Bonchev–Trinajstić information content (AvgIpc) is 1.97. The van der Waals surface area contributed by atoms with E-state index in [-0.39, 0.29) is 0 Å². The van der Waals surface area contributed by atoms with E-state index in [1.54, 1.807) is 0 Å². The van der Waals surface area contributed by atoms with Crippen molar-refractivity contribution in [3.05, 3.63) is 0 Å². The zero-order valence-electron chi connectivity index (χ0n) is 6.51. The van der Waals surface area contributed by atoms with E-state index in [4.69, 9.17) is 10.2 Å². The minimum absolute atomic E-state index is 0.763. The Morgan fingerprint density at radius 2 is 1.75 bits per heavy atom. The molecule has 0 fully saturated rings. The van der Waals surface area contributed by atoms with E-state index < -0.39 is 31.4 Å². The van der Waals surface area contributed by atoms with Crippen LogP contribution in [0.2, 0.25) is 0 Å². The molecular weight excluding hydrogens is 177 g/mol. The van der Waals surface area contributed by atoms with Gasteiger partial charge in [-0.05, 0) is 0 Å². The predicted molar refractivity (Wildman–Crippen MR) is 34.5 cm³/mol. The summed E-state index contributed by atoms with van der Waals surface area (Å²) in [6.07, 6.45) is -5.94. The van der Waals surface area contributed by atoms with Crippen LogP contribution in [0.3, 0.4) is 0 Å². The topological polar surface area (TPSA) is 49.7 Å². The average molecular weight is 188 g/mol. The molecule has 0 aromatic carbocycles. The van der Waals surface area contributed by atoms with Gasteiger partial charge in [0.15, 0.2) is 0 Å². The van der Waals surface area contributed by atoms with Gasteiger partial charge in [0.25, 0.3) is 0 Å². The van der Waals surface area contributed by atoms with E-state index in [0.717, 1.165) is 7.11 Å². The third kappa shape index (κ3) is 2.96. The van der Waals surface area contributed by atoms with Crippen LogP contribution in [-0.4, -0.2) is 42.8 Å². The van der Waals surface area contributed by atoms with Gasteiger partial charge in [0.05, 0.1) is 19.3 Å². The Morgan fingerprint density at radius 1 is 1.25 bits per heavy atom. The first-order valence-corrected chi connectivity index (χ1v) is 3.28. The molecule has 0 aliphatic carbocycles. The first-order valence-electron chi connectivity index (χ1n) is 3.28. The molecule has 6 heteroatoms. The van der Waals surface area contributed by atoms with Crippen molar-refractivity contribution in [1.29, 1.82) is 0 Å². The molecule has 0 aromatic rings. The van der Waals surface area contributed by atoms with Crippen LogP contribution >= 0.6 is 0 Å². The summed E-state index contributed by atoms with van der Waals surface area (Å²) in [5.74, 6) is -2.02. The summed E-state index contributed by atoms with van der Waals surface area (Å²) in [6, 6.07) is 0. The van der Waals surface area contributed by atoms with Crippen molar-refractivity contribution in [3.63, 3.8) is 0 Å². The van der Waals surface area contributed by atoms with Gasteiger partial charge in [0.2, 0.25) is 0 Å². The number of aliphatic hydroxyl groups excluding tert-OH is 2. The van der Waals surface area contributed by atoms with Crippen LogP contribution in [0.4, 0.5) is 13.2 Å². The summed E-state index contributed by atoms with van der Waals surface area (Å²) in [5.41, 5.74) is 0. The van der Waals surface area contributed by atoms with Crippen LogP contribution < -0.4 is 0 Å². The molecule has 0 heterocycles. The molecule has 0 spiro atoms. The molecule has 3 nitrogen and oxygen atoms in total. The highest BCUT2D eigenvalue weighted by Gasteiger charge is 2.44. The van der Waals surface area contributed by atoms with E-state index >= 15 is 0 Å². The third-order valence-corrected chi connectivity index (χ3v) is 1.55. The second-order valence-corrected chi connectivity index (χ2v) is 2.29. The van der Waals surface area contributed by atoms with E-state index in [1.165, 1.54) is 0 Å². The van der Waals surface area contributed by atoms with Crippen LogP contribution in [0.25, 0.3) is 0 Å². The fraction of sp³-hybridized carbons (Fsp3) is 1.00. The van der Waals surface area contributed by atoms with Gasteiger partial charge in [-0.2, -0.15) is 13.2 Å². The highest BCUT2D eigenvalue weighted by atomic mass is 19.4. The number of aliphatic hydroxyl groups is 2. The molecule has 12 heavy (non-hydrogen) atoms. The van der Waals surface area contributed by atoms with Gasteiger partial charge in [0, 0.05) is 7.11 Å². The molecule has 74 valence electrons. The summed E-state index contributed by atoms with van der Waals surface area (Å²) in [6.45, 7) is -1.84. The van der Waals surface area contributed by atoms with Gasteiger partial charge >= 0.3 is 6.18 Å². The summed E-state index contributed by atoms with van der Waals surface area (Å²) in [7, 11) is 1.05. The van der Waals surface area contributed by atoms with Crippen LogP contribution in [-0.2, 0) is 4.74 Å². The minimum Gasteiger partial charge on any atom is -0.396 e.